The molecule has 1 amide bonds. The molecule has 0 radical (unpaired) electrons. The van der Waals surface area contributed by atoms with Crippen molar-refractivity contribution in [1.82, 2.24) is 9.80 Å². The minimum atomic E-state index is -0.808. The molecule has 0 bridgehead atoms. The van der Waals surface area contributed by atoms with E-state index in [2.05, 4.69) is 12.0 Å². The summed E-state index contributed by atoms with van der Waals surface area (Å²) >= 11 is 6.00. The molecule has 1 aromatic rings. The zero-order valence-corrected chi connectivity index (χ0v) is 15.0. The highest BCUT2D eigenvalue weighted by Crippen LogP contribution is 2.26. The maximum absolute atomic E-state index is 12.5. The van der Waals surface area contributed by atoms with Gasteiger partial charge in [0.2, 0.25) is 0 Å². The summed E-state index contributed by atoms with van der Waals surface area (Å²) in [6.45, 7) is 4.54. The van der Waals surface area contributed by atoms with E-state index in [1.54, 1.807) is 29.2 Å². The first-order valence-corrected chi connectivity index (χ1v) is 8.63. The maximum Gasteiger partial charge on any atom is 0.422 e. The van der Waals surface area contributed by atoms with Gasteiger partial charge < -0.3 is 14.4 Å². The third-order valence-corrected chi connectivity index (χ3v) is 4.83. The van der Waals surface area contributed by atoms with Gasteiger partial charge in [0, 0.05) is 25.6 Å². The number of ether oxygens (including phenoxy) is 2. The van der Waals surface area contributed by atoms with Crippen LogP contribution < -0.4 is 4.74 Å². The summed E-state index contributed by atoms with van der Waals surface area (Å²) in [5.41, 5.74) is 0. The van der Waals surface area contributed by atoms with Crippen molar-refractivity contribution < 1.29 is 19.3 Å². The van der Waals surface area contributed by atoms with Crippen LogP contribution >= 0.6 is 11.6 Å². The molecule has 2 aliphatic heterocycles. The van der Waals surface area contributed by atoms with Crippen LogP contribution in [0.15, 0.2) is 29.4 Å². The Balaban J connectivity index is 1.74. The molecular formula is C16H19ClN4O5. The van der Waals surface area contributed by atoms with Crippen LogP contribution in [0.3, 0.4) is 0 Å². The molecule has 0 spiro atoms. The highest BCUT2D eigenvalue weighted by atomic mass is 35.5. The molecule has 0 aliphatic carbocycles. The van der Waals surface area contributed by atoms with Crippen LogP contribution in [0.5, 0.6) is 5.75 Å². The Morgan fingerprint density at radius 2 is 2.19 bits per heavy atom. The first-order valence-electron chi connectivity index (χ1n) is 8.25. The van der Waals surface area contributed by atoms with E-state index in [0.717, 1.165) is 4.90 Å². The molecule has 0 N–H and O–H groups in total. The molecule has 2 unspecified atom stereocenters. The Morgan fingerprint density at radius 1 is 1.42 bits per heavy atom. The maximum atomic E-state index is 12.5. The Kier molecular flexibility index (Phi) is 5.58. The zero-order chi connectivity index (χ0) is 18.7. The third kappa shape index (κ3) is 4.05. The Bertz CT molecular complexity index is 728. The second kappa shape index (κ2) is 7.88. The van der Waals surface area contributed by atoms with Gasteiger partial charge in [0.15, 0.2) is 10.8 Å². The van der Waals surface area contributed by atoms with E-state index >= 15 is 0 Å². The van der Waals surface area contributed by atoms with Gasteiger partial charge in [-0.3, -0.25) is 0 Å². The Labute approximate surface area is 155 Å². The number of para-hydroxylation sites is 1. The first-order chi connectivity index (χ1) is 12.5. The number of rotatable bonds is 4. The molecule has 26 heavy (non-hydrogen) atoms. The minimum Gasteiger partial charge on any atom is -0.408 e. The molecule has 10 heteroatoms. The lowest BCUT2D eigenvalue weighted by atomic mass is 9.98. The van der Waals surface area contributed by atoms with Gasteiger partial charge in [-0.05, 0) is 18.1 Å². The lowest BCUT2D eigenvalue weighted by Crippen LogP contribution is -2.42. The van der Waals surface area contributed by atoms with E-state index in [0.29, 0.717) is 32.2 Å². The van der Waals surface area contributed by atoms with Crippen molar-refractivity contribution in [3.63, 3.8) is 0 Å². The highest BCUT2D eigenvalue weighted by molar-refractivity contribution is 6.32. The number of guanidine groups is 1. The SMILES string of the molecule is CC1COCC1CN1CCN(C(=O)Oc2ccccc2Cl)C1=N[N+](=O)[O-]. The molecule has 0 saturated carbocycles. The van der Waals surface area contributed by atoms with Crippen molar-refractivity contribution in [2.24, 2.45) is 16.9 Å². The molecule has 2 fully saturated rings. The number of nitro groups is 1. The van der Waals surface area contributed by atoms with Gasteiger partial charge in [-0.2, -0.15) is 0 Å². The van der Waals surface area contributed by atoms with Gasteiger partial charge in [0.05, 0.1) is 18.2 Å². The van der Waals surface area contributed by atoms with Crippen LogP contribution in [0.1, 0.15) is 6.92 Å². The summed E-state index contributed by atoms with van der Waals surface area (Å²) in [5, 5.41) is 13.8. The average Bonchev–Trinajstić information content (AvgIpc) is 3.17. The Morgan fingerprint density at radius 3 is 2.85 bits per heavy atom. The third-order valence-electron chi connectivity index (χ3n) is 4.52. The van der Waals surface area contributed by atoms with Crippen LogP contribution in [0.25, 0.3) is 0 Å². The van der Waals surface area contributed by atoms with Gasteiger partial charge in [-0.1, -0.05) is 30.7 Å². The van der Waals surface area contributed by atoms with Crippen LogP contribution in [0.4, 0.5) is 4.79 Å². The molecule has 2 aliphatic rings. The van der Waals surface area contributed by atoms with Crippen molar-refractivity contribution in [3.05, 3.63) is 39.4 Å². The summed E-state index contributed by atoms with van der Waals surface area (Å²) in [6, 6.07) is 6.53. The first kappa shape index (κ1) is 18.4. The van der Waals surface area contributed by atoms with Crippen molar-refractivity contribution in [2.45, 2.75) is 6.92 Å². The lowest BCUT2D eigenvalue weighted by molar-refractivity contribution is -0.486. The summed E-state index contributed by atoms with van der Waals surface area (Å²) in [6.07, 6.45) is -0.753. The predicted octanol–water partition coefficient (Wildman–Crippen LogP) is 2.29. The van der Waals surface area contributed by atoms with E-state index in [4.69, 9.17) is 21.1 Å². The van der Waals surface area contributed by atoms with Crippen molar-refractivity contribution in [3.8, 4) is 5.75 Å². The average molecular weight is 383 g/mol. The number of halogens is 1. The number of amides is 1. The lowest BCUT2D eigenvalue weighted by Gasteiger charge is -2.23. The van der Waals surface area contributed by atoms with Crippen molar-refractivity contribution in [1.29, 1.82) is 0 Å². The molecular weight excluding hydrogens is 364 g/mol. The van der Waals surface area contributed by atoms with Gasteiger partial charge in [-0.15, -0.1) is 0 Å². The molecule has 140 valence electrons. The summed E-state index contributed by atoms with van der Waals surface area (Å²) in [5.74, 6) is 0.740. The fraction of sp³-hybridized carbons (Fsp3) is 0.500. The number of hydrazone groups is 1. The standard InChI is InChI=1S/C16H19ClN4O5/c1-11-9-25-10-12(11)8-19-6-7-20(15(19)18-21(23)24)16(22)26-14-5-3-2-4-13(14)17/h2-5,11-12H,6-10H2,1H3. The van der Waals surface area contributed by atoms with Gasteiger partial charge in [-0.25, -0.2) is 19.8 Å². The molecule has 9 nitrogen and oxygen atoms in total. The van der Waals surface area contributed by atoms with Gasteiger partial charge >= 0.3 is 6.09 Å². The van der Waals surface area contributed by atoms with Gasteiger partial charge in [0.1, 0.15) is 5.10 Å². The van der Waals surface area contributed by atoms with E-state index in [1.807, 2.05) is 0 Å². The number of nitrogens with zero attached hydrogens (tertiary/aromatic N) is 4. The fourth-order valence-corrected chi connectivity index (χ4v) is 3.20. The van der Waals surface area contributed by atoms with Crippen molar-refractivity contribution in [2.75, 3.05) is 32.8 Å². The molecule has 3 rings (SSSR count). The Hall–Kier alpha value is -2.39. The normalized spacial score (nSPS) is 24.3. The molecule has 2 atom stereocenters. The topological polar surface area (TPSA) is 97.5 Å². The second-order valence-electron chi connectivity index (χ2n) is 6.31. The van der Waals surface area contributed by atoms with E-state index < -0.39 is 11.1 Å². The van der Waals surface area contributed by atoms with Crippen LogP contribution in [0.2, 0.25) is 5.02 Å². The summed E-state index contributed by atoms with van der Waals surface area (Å²) in [4.78, 5) is 26.3. The predicted molar refractivity (Wildman–Crippen MR) is 93.7 cm³/mol. The zero-order valence-electron chi connectivity index (χ0n) is 14.2. The number of hydrogen-bond donors (Lipinski definition) is 0. The molecule has 1 aromatic carbocycles. The summed E-state index contributed by atoms with van der Waals surface area (Å²) < 4.78 is 10.7. The van der Waals surface area contributed by atoms with Crippen LogP contribution in [0, 0.1) is 22.0 Å². The second-order valence-corrected chi connectivity index (χ2v) is 6.72. The van der Waals surface area contributed by atoms with Crippen LogP contribution in [-0.4, -0.2) is 59.7 Å². The van der Waals surface area contributed by atoms with Crippen LogP contribution in [-0.2, 0) is 4.74 Å². The monoisotopic (exact) mass is 382 g/mol. The number of carbonyl (C=O) groups is 1. The minimum absolute atomic E-state index is 0.0221. The number of carbonyl (C=O) groups excluding carboxylic acids is 1. The molecule has 2 saturated heterocycles. The highest BCUT2D eigenvalue weighted by Gasteiger charge is 2.38. The largest absolute Gasteiger partial charge is 0.422 e. The fourth-order valence-electron chi connectivity index (χ4n) is 3.03. The number of hydrogen-bond acceptors (Lipinski definition) is 5. The quantitative estimate of drug-likeness (QED) is 0.585. The molecule has 2 heterocycles. The van der Waals surface area contributed by atoms with E-state index in [-0.39, 0.29) is 29.2 Å². The van der Waals surface area contributed by atoms with E-state index in [9.17, 15) is 14.9 Å². The van der Waals surface area contributed by atoms with Gasteiger partial charge in [0.25, 0.3) is 5.96 Å². The molecule has 0 aromatic heterocycles. The smallest absolute Gasteiger partial charge is 0.408 e. The number of benzene rings is 1. The van der Waals surface area contributed by atoms with E-state index in [1.165, 1.54) is 0 Å². The summed E-state index contributed by atoms with van der Waals surface area (Å²) in [7, 11) is 0. The van der Waals surface area contributed by atoms with Crippen molar-refractivity contribution >= 4 is 23.7 Å².